The van der Waals surface area contributed by atoms with Crippen LogP contribution in [0.4, 0.5) is 0 Å². The maximum absolute atomic E-state index is 3.69. The van der Waals surface area contributed by atoms with E-state index in [-0.39, 0.29) is 0 Å². The number of benzene rings is 7. The minimum atomic E-state index is 1.03. The highest BCUT2D eigenvalue weighted by Gasteiger charge is 2.23. The molecule has 0 fully saturated rings. The summed E-state index contributed by atoms with van der Waals surface area (Å²) in [6, 6.07) is 45.8. The average molecular weight is 503 g/mol. The quantitative estimate of drug-likeness (QED) is 0.155. The minimum Gasteiger partial charge on any atom is -0.0622 e. The van der Waals surface area contributed by atoms with E-state index in [9.17, 15) is 0 Å². The normalized spacial score (nSPS) is 12.4. The lowest BCUT2D eigenvalue weighted by Crippen LogP contribution is -1.99. The molecule has 0 aliphatic rings. The summed E-state index contributed by atoms with van der Waals surface area (Å²) in [7, 11) is 0. The van der Waals surface area contributed by atoms with Gasteiger partial charge in [0.1, 0.15) is 0 Å². The topological polar surface area (TPSA) is 0 Å². The van der Waals surface area contributed by atoms with Gasteiger partial charge in [0, 0.05) is 16.5 Å². The van der Waals surface area contributed by atoms with Crippen molar-refractivity contribution in [2.24, 2.45) is 0 Å². The Hall–Kier alpha value is -5.38. The zero-order chi connectivity index (χ0) is 26.2. The molecule has 0 saturated carbocycles. The smallest absolute Gasteiger partial charge is 0.0413 e. The predicted octanol–water partition coefficient (Wildman–Crippen LogP) is 9.43. The van der Waals surface area contributed by atoms with Crippen molar-refractivity contribution in [2.45, 2.75) is 0 Å². The van der Waals surface area contributed by atoms with E-state index in [1.54, 1.807) is 0 Å². The first kappa shape index (κ1) is 21.5. The van der Waals surface area contributed by atoms with Gasteiger partial charge in [-0.05, 0) is 88.2 Å². The molecular formula is C40H22. The lowest BCUT2D eigenvalue weighted by Gasteiger charge is -2.09. The molecule has 0 unspecified atom stereocenters. The third-order valence-corrected chi connectivity index (χ3v) is 8.53. The van der Waals surface area contributed by atoms with E-state index < -0.39 is 0 Å². The molecule has 0 aliphatic heterocycles. The molecule has 0 aromatic heterocycles. The monoisotopic (exact) mass is 502 g/mol. The fraction of sp³-hybridized carbons (Fsp3) is 0. The number of hydrogen-bond acceptors (Lipinski definition) is 0. The zero-order valence-electron chi connectivity index (χ0n) is 21.7. The van der Waals surface area contributed by atoms with Crippen molar-refractivity contribution >= 4 is 70.7 Å². The molecule has 0 bridgehead atoms. The Morgan fingerprint density at radius 3 is 1.75 bits per heavy atom. The van der Waals surface area contributed by atoms with Crippen molar-refractivity contribution in [3.05, 3.63) is 149 Å². The Morgan fingerprint density at radius 1 is 0.375 bits per heavy atom. The van der Waals surface area contributed by atoms with E-state index in [2.05, 4.69) is 139 Å². The second-order valence-corrected chi connectivity index (χ2v) is 10.7. The summed E-state index contributed by atoms with van der Waals surface area (Å²) in [5.41, 5.74) is 3.37. The van der Waals surface area contributed by atoms with Gasteiger partial charge in [-0.25, -0.2) is 0 Å². The van der Waals surface area contributed by atoms with Gasteiger partial charge in [-0.15, -0.1) is 0 Å². The first-order valence-electron chi connectivity index (χ1n) is 13.8. The minimum absolute atomic E-state index is 1.03. The van der Waals surface area contributed by atoms with Gasteiger partial charge in [0.05, 0.1) is 0 Å². The van der Waals surface area contributed by atoms with Gasteiger partial charge in [-0.1, -0.05) is 127 Å². The van der Waals surface area contributed by atoms with Crippen LogP contribution in [-0.2, 0) is 0 Å². The molecule has 9 aromatic carbocycles. The van der Waals surface area contributed by atoms with Gasteiger partial charge < -0.3 is 0 Å². The summed E-state index contributed by atoms with van der Waals surface area (Å²) in [5, 5.41) is 16.9. The van der Waals surface area contributed by atoms with Crippen molar-refractivity contribution in [1.82, 2.24) is 0 Å². The molecule has 0 heterocycles. The third kappa shape index (κ3) is 2.87. The molecule has 0 N–H and O–H groups in total. The van der Waals surface area contributed by atoms with Crippen molar-refractivity contribution in [2.75, 3.05) is 0 Å². The average Bonchev–Trinajstić information content (AvgIpc) is 3.51. The lowest BCUT2D eigenvalue weighted by molar-refractivity contribution is 1.65. The van der Waals surface area contributed by atoms with Crippen LogP contribution in [0.5, 0.6) is 0 Å². The molecule has 9 aromatic rings. The van der Waals surface area contributed by atoms with Crippen LogP contribution in [0.3, 0.4) is 0 Å². The van der Waals surface area contributed by atoms with E-state index in [0.717, 1.165) is 11.1 Å². The Bertz CT molecular complexity index is 2500. The van der Waals surface area contributed by atoms with Crippen LogP contribution < -0.4 is 5.22 Å². The molecule has 0 amide bonds. The lowest BCUT2D eigenvalue weighted by atomic mass is 9.93. The van der Waals surface area contributed by atoms with Gasteiger partial charge in [-0.3, -0.25) is 0 Å². The van der Waals surface area contributed by atoms with Crippen LogP contribution in [-0.4, -0.2) is 0 Å². The largest absolute Gasteiger partial charge is 0.0622 e. The van der Waals surface area contributed by atoms with Crippen molar-refractivity contribution in [3.8, 4) is 11.8 Å². The molecule has 0 saturated heterocycles. The molecule has 9 rings (SSSR count). The summed E-state index contributed by atoms with van der Waals surface area (Å²) >= 11 is 0. The first-order chi connectivity index (χ1) is 19.9. The van der Waals surface area contributed by atoms with Gasteiger partial charge in [0.2, 0.25) is 0 Å². The summed E-state index contributed by atoms with van der Waals surface area (Å²) in [4.78, 5) is 0. The maximum atomic E-state index is 3.69. The summed E-state index contributed by atoms with van der Waals surface area (Å²) < 4.78 is 0. The molecule has 0 aliphatic carbocycles. The van der Waals surface area contributed by atoms with Crippen molar-refractivity contribution in [1.29, 1.82) is 0 Å². The molecule has 0 radical (unpaired) electrons. The van der Waals surface area contributed by atoms with Crippen LogP contribution in [0.15, 0.2) is 127 Å². The molecular weight excluding hydrogens is 480 g/mol. The number of fused-ring (bicyclic) bond motifs is 4. The van der Waals surface area contributed by atoms with E-state index in [4.69, 9.17) is 0 Å². The van der Waals surface area contributed by atoms with Gasteiger partial charge in [-0.2, -0.15) is 0 Å². The summed E-state index contributed by atoms with van der Waals surface area (Å²) in [5.74, 6) is 7.20. The predicted molar refractivity (Wildman–Crippen MR) is 171 cm³/mol. The Morgan fingerprint density at radius 2 is 1.00 bits per heavy atom. The maximum Gasteiger partial charge on any atom is 0.0413 e. The Balaban J connectivity index is 1.61. The first-order valence-corrected chi connectivity index (χ1v) is 13.8. The standard InChI is InChI=1S/C40H22/c1-3-10-25(11-4-1)20-22-30-31-23-21-28-16-7-17-29-34(24-26-12-5-2-6-13-26)40(38(31)36(28)29)39-33-19-9-15-27-14-8-18-32(35(27)33)37(30)39/h1-19,21,23-24H/b34-24+. The highest BCUT2D eigenvalue weighted by Crippen LogP contribution is 2.47. The fourth-order valence-electron chi connectivity index (χ4n) is 6.93. The van der Waals surface area contributed by atoms with Gasteiger partial charge >= 0.3 is 0 Å². The highest BCUT2D eigenvalue weighted by molar-refractivity contribution is 6.43. The third-order valence-electron chi connectivity index (χ3n) is 8.53. The SMILES string of the molecule is C(#Cc1c2ccc3cccc4/c(=C\c5ccccc5)c(c5c6cccc7cccc(c15)c76)c2c34)c1ccccc1. The second-order valence-electron chi connectivity index (χ2n) is 10.7. The Labute approximate surface area is 231 Å². The van der Waals surface area contributed by atoms with E-state index in [1.165, 1.54) is 75.4 Å². The zero-order valence-corrected chi connectivity index (χ0v) is 21.7. The van der Waals surface area contributed by atoms with Crippen LogP contribution in [0, 0.1) is 11.8 Å². The number of hydrogen-bond donors (Lipinski definition) is 0. The molecule has 182 valence electrons. The molecule has 0 atom stereocenters. The van der Waals surface area contributed by atoms with E-state index in [0.29, 0.717) is 0 Å². The molecule has 0 nitrogen and oxygen atoms in total. The van der Waals surface area contributed by atoms with E-state index in [1.807, 2.05) is 6.07 Å². The van der Waals surface area contributed by atoms with Crippen LogP contribution >= 0.6 is 0 Å². The fourth-order valence-corrected chi connectivity index (χ4v) is 6.93. The van der Waals surface area contributed by atoms with Gasteiger partial charge in [0.15, 0.2) is 0 Å². The molecule has 40 heavy (non-hydrogen) atoms. The Kier molecular flexibility index (Phi) is 4.34. The summed E-state index contributed by atoms with van der Waals surface area (Å²) in [6.07, 6.45) is 2.38. The van der Waals surface area contributed by atoms with Crippen LogP contribution in [0.25, 0.3) is 70.7 Å². The van der Waals surface area contributed by atoms with Crippen LogP contribution in [0.2, 0.25) is 0 Å². The molecule has 0 spiro atoms. The van der Waals surface area contributed by atoms with E-state index >= 15 is 0 Å². The summed E-state index contributed by atoms with van der Waals surface area (Å²) in [6.45, 7) is 0. The second kappa shape index (κ2) is 8.06. The van der Waals surface area contributed by atoms with Gasteiger partial charge in [0.25, 0.3) is 0 Å². The molecule has 0 heteroatoms. The van der Waals surface area contributed by atoms with Crippen LogP contribution in [0.1, 0.15) is 16.7 Å². The highest BCUT2D eigenvalue weighted by atomic mass is 14.3. The van der Waals surface area contributed by atoms with Crippen molar-refractivity contribution < 1.29 is 0 Å². The number of rotatable bonds is 1. The van der Waals surface area contributed by atoms with Crippen molar-refractivity contribution in [3.63, 3.8) is 0 Å².